The SMILES string of the molecule is C[S+]([O-])c1c([S-])c([S+](C)[O-])c([S+](C)[O-])c([S+](C)[O-])c1[S+](C)[O-].[Na+]. The predicted octanol–water partition coefficient (Wildman–Crippen LogP) is -2.72. The van der Waals surface area contributed by atoms with E-state index in [0.29, 0.717) is 0 Å². The van der Waals surface area contributed by atoms with Gasteiger partial charge in [0, 0.05) is 0 Å². The first-order valence-electron chi connectivity index (χ1n) is 5.60. The molecule has 0 spiro atoms. The second-order valence-electron chi connectivity index (χ2n) is 4.25. The minimum Gasteiger partial charge on any atom is -0.770 e. The Morgan fingerprint density at radius 2 is 0.696 bits per heavy atom. The van der Waals surface area contributed by atoms with Crippen LogP contribution in [-0.2, 0) is 68.5 Å². The maximum Gasteiger partial charge on any atom is 1.00 e. The van der Waals surface area contributed by atoms with E-state index in [1.165, 1.54) is 31.3 Å². The Morgan fingerprint density at radius 3 is 0.870 bits per heavy atom. The molecule has 0 heterocycles. The average Bonchev–Trinajstić information content (AvgIpc) is 2.34. The maximum atomic E-state index is 12.2. The van der Waals surface area contributed by atoms with E-state index in [1.807, 2.05) is 0 Å². The number of hydrogen-bond donors (Lipinski definition) is 0. The van der Waals surface area contributed by atoms with Crippen molar-refractivity contribution in [2.24, 2.45) is 0 Å². The standard InChI is InChI=1S/C11H16O5S6.Na/c1-18(12)7-6(17)8(19(2)13)10(21(4)15)11(22(5)16)9(7)20(3)14;/h17H,1-5H3;/q;+1/p-1. The molecule has 5 atom stereocenters. The van der Waals surface area contributed by atoms with Gasteiger partial charge in [0.1, 0.15) is 31.3 Å². The van der Waals surface area contributed by atoms with Gasteiger partial charge in [-0.2, -0.15) is 0 Å². The van der Waals surface area contributed by atoms with Crippen molar-refractivity contribution in [1.82, 2.24) is 0 Å². The topological polar surface area (TPSA) is 115 Å². The Hall–Kier alpha value is 1.99. The van der Waals surface area contributed by atoms with Crippen LogP contribution in [-0.4, -0.2) is 54.0 Å². The quantitative estimate of drug-likeness (QED) is 0.278. The van der Waals surface area contributed by atoms with Gasteiger partial charge in [-0.15, -0.1) is 0 Å². The zero-order chi connectivity index (χ0) is 17.4. The predicted molar refractivity (Wildman–Crippen MR) is 93.7 cm³/mol. The second kappa shape index (κ2) is 10.4. The van der Waals surface area contributed by atoms with Gasteiger partial charge >= 0.3 is 29.6 Å². The third-order valence-corrected chi connectivity index (χ3v) is 8.77. The molecular formula is C11H15NaO5S6. The van der Waals surface area contributed by atoms with Gasteiger partial charge in [-0.3, -0.25) is 0 Å². The van der Waals surface area contributed by atoms with Gasteiger partial charge in [-0.05, 0) is 55.9 Å². The van der Waals surface area contributed by atoms with E-state index in [4.69, 9.17) is 12.6 Å². The van der Waals surface area contributed by atoms with E-state index in [2.05, 4.69) is 0 Å². The first kappa shape index (κ1) is 25.0. The molecule has 1 aromatic rings. The summed E-state index contributed by atoms with van der Waals surface area (Å²) in [6, 6.07) is 0. The molecule has 1 aromatic carbocycles. The van der Waals surface area contributed by atoms with Crippen LogP contribution < -0.4 is 29.6 Å². The minimum absolute atomic E-state index is 0. The third kappa shape index (κ3) is 5.48. The molecule has 126 valence electrons. The summed E-state index contributed by atoms with van der Waals surface area (Å²) in [7, 11) is 0. The van der Waals surface area contributed by atoms with Gasteiger partial charge in [0.05, 0.1) is 0 Å². The van der Waals surface area contributed by atoms with Crippen LogP contribution in [0.5, 0.6) is 0 Å². The first-order valence-corrected chi connectivity index (χ1v) is 13.8. The Kier molecular flexibility index (Phi) is 11.3. The molecule has 0 amide bonds. The van der Waals surface area contributed by atoms with Crippen molar-refractivity contribution in [1.29, 1.82) is 0 Å². The first-order chi connectivity index (χ1) is 10.0. The van der Waals surface area contributed by atoms with E-state index >= 15 is 0 Å². The van der Waals surface area contributed by atoms with Crippen molar-refractivity contribution < 1.29 is 52.3 Å². The molecule has 12 heteroatoms. The Bertz CT molecular complexity index is 511. The van der Waals surface area contributed by atoms with Crippen LogP contribution in [0.2, 0.25) is 0 Å². The molecule has 0 aliphatic carbocycles. The molecule has 0 bridgehead atoms. The Balaban J connectivity index is 0.00000484. The smallest absolute Gasteiger partial charge is 0.770 e. The third-order valence-electron chi connectivity index (χ3n) is 2.67. The van der Waals surface area contributed by atoms with Crippen molar-refractivity contribution in [3.8, 4) is 0 Å². The summed E-state index contributed by atoms with van der Waals surface area (Å²) in [4.78, 5) is 0.398. The largest absolute Gasteiger partial charge is 1.00 e. The fourth-order valence-electron chi connectivity index (χ4n) is 1.92. The van der Waals surface area contributed by atoms with Crippen molar-refractivity contribution in [2.75, 3.05) is 31.3 Å². The van der Waals surface area contributed by atoms with E-state index in [0.717, 1.165) is 0 Å². The molecule has 1 rings (SSSR count). The van der Waals surface area contributed by atoms with E-state index in [1.54, 1.807) is 0 Å². The Morgan fingerprint density at radius 1 is 0.522 bits per heavy atom. The number of hydrogen-bond acceptors (Lipinski definition) is 6. The van der Waals surface area contributed by atoms with Gasteiger partial charge in [-0.1, -0.05) is 4.90 Å². The van der Waals surface area contributed by atoms with Crippen LogP contribution in [0.3, 0.4) is 0 Å². The minimum atomic E-state index is -1.66. The van der Waals surface area contributed by atoms with Crippen LogP contribution in [0.15, 0.2) is 29.4 Å². The zero-order valence-corrected chi connectivity index (χ0v) is 20.4. The van der Waals surface area contributed by atoms with Gasteiger partial charge in [0.2, 0.25) is 0 Å². The van der Waals surface area contributed by atoms with Crippen LogP contribution in [0, 0.1) is 0 Å². The molecule has 0 radical (unpaired) electrons. The summed E-state index contributed by atoms with van der Waals surface area (Å²) in [5.41, 5.74) is 0. The summed E-state index contributed by atoms with van der Waals surface area (Å²) >= 11 is -2.91. The van der Waals surface area contributed by atoms with Crippen LogP contribution in [0.4, 0.5) is 0 Å². The maximum absolute atomic E-state index is 12.2. The van der Waals surface area contributed by atoms with Gasteiger partial charge in [0.15, 0.2) is 9.79 Å². The average molecular weight is 443 g/mol. The van der Waals surface area contributed by atoms with Gasteiger partial charge in [-0.25, -0.2) is 0 Å². The van der Waals surface area contributed by atoms with Gasteiger partial charge < -0.3 is 35.4 Å². The van der Waals surface area contributed by atoms with Gasteiger partial charge in [0.25, 0.3) is 14.7 Å². The zero-order valence-electron chi connectivity index (χ0n) is 13.5. The van der Waals surface area contributed by atoms with Crippen LogP contribution in [0.25, 0.3) is 0 Å². The molecule has 0 aliphatic rings. The van der Waals surface area contributed by atoms with E-state index in [-0.39, 0.29) is 58.9 Å². The molecule has 0 saturated carbocycles. The van der Waals surface area contributed by atoms with Crippen LogP contribution in [0.1, 0.15) is 0 Å². The van der Waals surface area contributed by atoms with Crippen molar-refractivity contribution in [2.45, 2.75) is 29.4 Å². The normalized spacial score (nSPS) is 17.8. The van der Waals surface area contributed by atoms with E-state index in [9.17, 15) is 22.8 Å². The summed E-state index contributed by atoms with van der Waals surface area (Å²) in [6.45, 7) is 0. The molecule has 0 fully saturated rings. The summed E-state index contributed by atoms with van der Waals surface area (Å²) in [5, 5.41) is 0. The van der Waals surface area contributed by atoms with E-state index < -0.39 is 55.9 Å². The molecule has 5 nitrogen and oxygen atoms in total. The molecular weight excluding hydrogens is 428 g/mol. The summed E-state index contributed by atoms with van der Waals surface area (Å²) < 4.78 is 60.5. The molecule has 0 N–H and O–H groups in total. The van der Waals surface area contributed by atoms with Crippen molar-refractivity contribution >= 4 is 68.5 Å². The summed E-state index contributed by atoms with van der Waals surface area (Å²) in [6.07, 6.45) is 6.75. The fraction of sp³-hybridized carbons (Fsp3) is 0.455. The second-order valence-corrected chi connectivity index (χ2v) is 11.2. The van der Waals surface area contributed by atoms with Crippen molar-refractivity contribution in [3.63, 3.8) is 0 Å². The van der Waals surface area contributed by atoms with Crippen LogP contribution >= 0.6 is 0 Å². The summed E-state index contributed by atoms with van der Waals surface area (Å²) in [5.74, 6) is 0. The molecule has 0 aliphatic heterocycles. The van der Waals surface area contributed by atoms with Crippen molar-refractivity contribution in [3.05, 3.63) is 0 Å². The molecule has 5 unspecified atom stereocenters. The number of benzene rings is 1. The molecule has 0 aromatic heterocycles. The molecule has 0 saturated heterocycles. The monoisotopic (exact) mass is 442 g/mol. The molecule has 23 heavy (non-hydrogen) atoms. The fourth-order valence-corrected chi connectivity index (χ4v) is 9.67. The number of rotatable bonds is 5. The Labute approximate surface area is 179 Å².